The van der Waals surface area contributed by atoms with Crippen LogP contribution < -0.4 is 15.4 Å². The van der Waals surface area contributed by atoms with Gasteiger partial charge in [0.2, 0.25) is 5.78 Å². The number of Topliss-reactive ketones (excluding diaryl/α,β-unsaturated/α-hetero) is 2. The molecule has 1 aromatic carbocycles. The van der Waals surface area contributed by atoms with Gasteiger partial charge in [0.05, 0.1) is 34.9 Å². The number of rotatable bonds is 2. The van der Waals surface area contributed by atoms with Crippen molar-refractivity contribution in [1.29, 1.82) is 0 Å². The fourth-order valence-electron chi connectivity index (χ4n) is 6.12. The molecular weight excluding hydrogens is 618 g/mol. The van der Waals surface area contributed by atoms with Crippen LogP contribution in [0.4, 0.5) is 0 Å². The molecule has 0 aromatic heterocycles. The Balaban J connectivity index is 1.82. The number of phenols is 1. The smallest absolute Gasteiger partial charge is 0.312 e. The molecule has 12 heteroatoms. The maximum absolute atomic E-state index is 14.0. The Labute approximate surface area is 280 Å². The van der Waals surface area contributed by atoms with Crippen molar-refractivity contribution in [3.8, 4) is 11.5 Å². The number of hydrogen-bond donors (Lipinski definition) is 4. The normalized spacial score (nSPS) is 30.1. The number of aliphatic hydroxyl groups is 1. The molecule has 5 rings (SSSR count). The molecule has 1 amide bonds. The quantitative estimate of drug-likeness (QED) is 0.334. The second-order valence-corrected chi connectivity index (χ2v) is 12.6. The lowest BCUT2D eigenvalue weighted by Gasteiger charge is -2.28. The standard InChI is InChI=1S/C36H45N3O9/c1-18-12-11-13-19(2)35(45)39-30-29(38-8)28(37-7)25-26(32(30)43)31(42)21(4)33-27(25)34(44)36(6,48-33)46-17-10-9-14-24(47-22(5)40)20(3)23(41)16-15-18/h10-13,17-18,20,23-24,38,41-42H,9,14-16H2,1-8H3,(H,39,45)/b12-11+,17-10+,19-13-,37-28-/t18?,20-,23?,24?,36+/m1/s1. The minimum atomic E-state index is -1.84. The zero-order valence-corrected chi connectivity index (χ0v) is 28.7. The molecule has 4 aliphatic rings. The van der Waals surface area contributed by atoms with E-state index in [9.17, 15) is 29.4 Å². The predicted octanol–water partition coefficient (Wildman–Crippen LogP) is 4.33. The monoisotopic (exact) mass is 663 g/mol. The average Bonchev–Trinajstić information content (AvgIpc) is 3.31. The number of aliphatic imine (C=N–C) groups is 1. The third-order valence-electron chi connectivity index (χ3n) is 9.07. The van der Waals surface area contributed by atoms with Crippen LogP contribution in [0.3, 0.4) is 0 Å². The van der Waals surface area contributed by atoms with Crippen LogP contribution in [0, 0.1) is 18.8 Å². The summed E-state index contributed by atoms with van der Waals surface area (Å²) in [5.41, 5.74) is 0.560. The van der Waals surface area contributed by atoms with E-state index in [4.69, 9.17) is 14.2 Å². The van der Waals surface area contributed by atoms with Crippen molar-refractivity contribution in [2.24, 2.45) is 16.8 Å². The maximum Gasteiger partial charge on any atom is 0.312 e. The molecule has 0 saturated carbocycles. The minimum Gasteiger partial charge on any atom is -0.507 e. The van der Waals surface area contributed by atoms with E-state index in [1.807, 2.05) is 19.9 Å². The first-order valence-corrected chi connectivity index (χ1v) is 16.1. The van der Waals surface area contributed by atoms with Crippen LogP contribution in [0.25, 0.3) is 0 Å². The second kappa shape index (κ2) is 14.6. The van der Waals surface area contributed by atoms with Crippen LogP contribution in [-0.2, 0) is 19.1 Å². The number of nitrogens with one attached hydrogen (secondary N) is 2. The summed E-state index contributed by atoms with van der Waals surface area (Å²) in [4.78, 5) is 57.7. The highest BCUT2D eigenvalue weighted by Crippen LogP contribution is 2.48. The van der Waals surface area contributed by atoms with Gasteiger partial charge in [-0.05, 0) is 51.5 Å². The molecule has 3 heterocycles. The lowest BCUT2D eigenvalue weighted by molar-refractivity contribution is -0.151. The van der Waals surface area contributed by atoms with E-state index in [1.54, 1.807) is 32.2 Å². The molecule has 0 fully saturated rings. The Bertz CT molecular complexity index is 1670. The number of likely N-dealkylation sites (N-methyl/N-ethyl adjacent to an activating group) is 1. The van der Waals surface area contributed by atoms with Crippen LogP contribution >= 0.6 is 0 Å². The van der Waals surface area contributed by atoms with Gasteiger partial charge in [-0.1, -0.05) is 32.1 Å². The zero-order chi connectivity index (χ0) is 35.5. The van der Waals surface area contributed by atoms with Crippen molar-refractivity contribution >= 4 is 29.2 Å². The number of ether oxygens (including phenoxy) is 3. The number of carbonyl (C=O) groups excluding carboxylic acids is 4. The van der Waals surface area contributed by atoms with Crippen molar-refractivity contribution in [3.05, 3.63) is 69.8 Å². The lowest BCUT2D eigenvalue weighted by atomic mass is 9.82. The highest BCUT2D eigenvalue weighted by atomic mass is 16.7. The minimum absolute atomic E-state index is 0.0193. The summed E-state index contributed by atoms with van der Waals surface area (Å²) in [6.07, 6.45) is 8.88. The largest absolute Gasteiger partial charge is 0.507 e. The number of allylic oxidation sites excluding steroid dienone is 6. The van der Waals surface area contributed by atoms with Crippen molar-refractivity contribution < 1.29 is 43.6 Å². The summed E-state index contributed by atoms with van der Waals surface area (Å²) in [5.74, 6) is -4.80. The molecular formula is C36H45N3O9. The Morgan fingerprint density at radius 1 is 1.12 bits per heavy atom. The van der Waals surface area contributed by atoms with E-state index in [0.29, 0.717) is 31.3 Å². The Hall–Kier alpha value is -4.71. The van der Waals surface area contributed by atoms with E-state index in [-0.39, 0.29) is 56.9 Å². The molecule has 12 nitrogen and oxygen atoms in total. The number of ketones is 2. The van der Waals surface area contributed by atoms with Crippen molar-refractivity contribution in [1.82, 2.24) is 10.6 Å². The summed E-state index contributed by atoms with van der Waals surface area (Å²) < 4.78 is 17.5. The topological polar surface area (TPSA) is 173 Å². The van der Waals surface area contributed by atoms with E-state index < -0.39 is 47.2 Å². The van der Waals surface area contributed by atoms with Gasteiger partial charge in [0.1, 0.15) is 23.3 Å². The number of aliphatic hydroxyl groups excluding tert-OH is 1. The van der Waals surface area contributed by atoms with E-state index in [0.717, 1.165) is 0 Å². The molecule has 3 unspecified atom stereocenters. The number of esters is 1. The number of hydrogen-bond acceptors (Lipinski definition) is 11. The molecule has 0 saturated heterocycles. The molecule has 1 aromatic rings. The van der Waals surface area contributed by atoms with Crippen molar-refractivity contribution in [3.63, 3.8) is 0 Å². The number of carbonyl (C=O) groups is 4. The number of aromatic hydroxyl groups is 1. The average molecular weight is 664 g/mol. The van der Waals surface area contributed by atoms with E-state index in [2.05, 4.69) is 15.6 Å². The van der Waals surface area contributed by atoms with Gasteiger partial charge < -0.3 is 35.1 Å². The SMILES string of the molecule is C/N=C1\C(NC)=C2NC(=O)/C(C)=C\C=C\C(C)CCC(O)[C@@H](C)C(OC(C)=O)CC/C=C/O[C@@]3(C)Oc4c(C)c(O)c(c1c4C3=O)C2=O. The van der Waals surface area contributed by atoms with Gasteiger partial charge in [-0.15, -0.1) is 0 Å². The molecule has 5 bridgehead atoms. The van der Waals surface area contributed by atoms with Gasteiger partial charge in [-0.25, -0.2) is 0 Å². The lowest BCUT2D eigenvalue weighted by Crippen LogP contribution is -2.40. The Morgan fingerprint density at radius 2 is 1.83 bits per heavy atom. The first kappa shape index (κ1) is 36.1. The molecule has 0 spiro atoms. The third kappa shape index (κ3) is 6.94. The van der Waals surface area contributed by atoms with Crippen LogP contribution in [-0.4, -0.2) is 71.5 Å². The van der Waals surface area contributed by atoms with Crippen LogP contribution in [0.2, 0.25) is 0 Å². The Morgan fingerprint density at radius 3 is 2.48 bits per heavy atom. The first-order chi connectivity index (χ1) is 22.7. The Kier molecular flexibility index (Phi) is 11.0. The first-order valence-electron chi connectivity index (χ1n) is 16.1. The summed E-state index contributed by atoms with van der Waals surface area (Å²) in [5, 5.41) is 27.9. The van der Waals surface area contributed by atoms with Crippen LogP contribution in [0.1, 0.15) is 92.1 Å². The molecule has 4 N–H and O–H groups in total. The van der Waals surface area contributed by atoms with Gasteiger partial charge in [0, 0.05) is 50.6 Å². The third-order valence-corrected chi connectivity index (χ3v) is 9.07. The van der Waals surface area contributed by atoms with Gasteiger partial charge >= 0.3 is 11.8 Å². The summed E-state index contributed by atoms with van der Waals surface area (Å²) in [6.45, 7) is 9.71. The zero-order valence-electron chi connectivity index (χ0n) is 28.7. The van der Waals surface area contributed by atoms with Crippen LogP contribution in [0.15, 0.2) is 52.5 Å². The molecule has 48 heavy (non-hydrogen) atoms. The number of benzene rings is 1. The second-order valence-electron chi connectivity index (χ2n) is 12.6. The highest BCUT2D eigenvalue weighted by Gasteiger charge is 2.52. The fraction of sp³-hybridized carbons (Fsp3) is 0.472. The molecule has 258 valence electrons. The van der Waals surface area contributed by atoms with E-state index in [1.165, 1.54) is 34.1 Å². The van der Waals surface area contributed by atoms with Crippen LogP contribution in [0.5, 0.6) is 11.5 Å². The van der Waals surface area contributed by atoms with Gasteiger partial charge in [0.15, 0.2) is 0 Å². The predicted molar refractivity (Wildman–Crippen MR) is 179 cm³/mol. The number of amides is 1. The van der Waals surface area contributed by atoms with Gasteiger partial charge in [0.25, 0.3) is 11.7 Å². The number of nitrogens with zero attached hydrogens (tertiary/aromatic N) is 1. The number of phenolic OH excluding ortho intramolecular Hbond substituents is 1. The van der Waals surface area contributed by atoms with E-state index >= 15 is 0 Å². The summed E-state index contributed by atoms with van der Waals surface area (Å²) >= 11 is 0. The molecule has 1 aliphatic carbocycles. The van der Waals surface area contributed by atoms with Gasteiger partial charge in [-0.2, -0.15) is 0 Å². The fourth-order valence-corrected chi connectivity index (χ4v) is 6.12. The molecule has 0 radical (unpaired) electrons. The summed E-state index contributed by atoms with van der Waals surface area (Å²) in [6, 6.07) is 0. The summed E-state index contributed by atoms with van der Waals surface area (Å²) in [7, 11) is 3.03. The van der Waals surface area contributed by atoms with Crippen molar-refractivity contribution in [2.45, 2.75) is 85.2 Å². The number of fused-ring (bicyclic) bond motifs is 14. The highest BCUT2D eigenvalue weighted by molar-refractivity contribution is 6.33. The maximum atomic E-state index is 14.0. The van der Waals surface area contributed by atoms with Gasteiger partial charge in [-0.3, -0.25) is 24.2 Å². The van der Waals surface area contributed by atoms with Crippen molar-refractivity contribution in [2.75, 3.05) is 14.1 Å². The molecule has 5 atom stereocenters. The molecule has 3 aliphatic heterocycles.